The van der Waals surface area contributed by atoms with Crippen LogP contribution >= 0.6 is 50.7 Å². The predicted molar refractivity (Wildman–Crippen MR) is 95.1 cm³/mol. The van der Waals surface area contributed by atoms with Gasteiger partial charge in [0.2, 0.25) is 0 Å². The van der Waals surface area contributed by atoms with Gasteiger partial charge in [0.25, 0.3) is 0 Å². The van der Waals surface area contributed by atoms with Crippen LogP contribution in [0.5, 0.6) is 11.5 Å². The molecule has 1 nitrogen and oxygen atoms in total. The molecule has 1 unspecified atom stereocenters. The van der Waals surface area contributed by atoms with E-state index in [1.165, 1.54) is 0 Å². The van der Waals surface area contributed by atoms with Gasteiger partial charge >= 0.3 is 6.18 Å². The lowest BCUT2D eigenvalue weighted by atomic mass is 10.1. The van der Waals surface area contributed by atoms with Crippen molar-refractivity contribution in [2.24, 2.45) is 0 Å². The van der Waals surface area contributed by atoms with Gasteiger partial charge in [-0.15, -0.1) is 0 Å². The summed E-state index contributed by atoms with van der Waals surface area (Å²) in [7, 11) is 0. The molecule has 0 fully saturated rings. The summed E-state index contributed by atoms with van der Waals surface area (Å²) in [6, 6.07) is 6.49. The van der Waals surface area contributed by atoms with E-state index in [1.807, 2.05) is 6.92 Å². The summed E-state index contributed by atoms with van der Waals surface area (Å²) >= 11 is 21.4. The van der Waals surface area contributed by atoms with Gasteiger partial charge in [-0.25, -0.2) is 0 Å². The Hall–Kier alpha value is -0.620. The second kappa shape index (κ2) is 7.73. The molecule has 0 radical (unpaired) electrons. The Morgan fingerprint density at radius 1 is 1.04 bits per heavy atom. The highest BCUT2D eigenvalue weighted by Crippen LogP contribution is 2.42. The van der Waals surface area contributed by atoms with Crippen LogP contribution in [0.1, 0.15) is 18.1 Å². The topological polar surface area (TPSA) is 9.23 Å². The van der Waals surface area contributed by atoms with E-state index in [1.54, 1.807) is 18.2 Å². The normalized spacial score (nSPS) is 13.0. The summed E-state index contributed by atoms with van der Waals surface area (Å²) in [6.07, 6.45) is -3.88. The highest BCUT2D eigenvalue weighted by molar-refractivity contribution is 9.09. The lowest BCUT2D eigenvalue weighted by Gasteiger charge is -2.14. The molecule has 0 aromatic heterocycles. The minimum atomic E-state index is -4.54. The van der Waals surface area contributed by atoms with Crippen LogP contribution in [0.25, 0.3) is 0 Å². The minimum Gasteiger partial charge on any atom is -0.454 e. The number of hydrogen-bond acceptors (Lipinski definition) is 1. The molecule has 0 spiro atoms. The Bertz CT molecular complexity index is 725. The first-order valence-corrected chi connectivity index (χ1v) is 8.79. The molecule has 0 aliphatic carbocycles. The third kappa shape index (κ3) is 4.94. The molecule has 0 N–H and O–H groups in total. The van der Waals surface area contributed by atoms with E-state index in [-0.39, 0.29) is 20.6 Å². The van der Waals surface area contributed by atoms with E-state index in [0.717, 1.165) is 17.7 Å². The monoisotopic (exact) mass is 460 g/mol. The number of halogens is 7. The van der Waals surface area contributed by atoms with Gasteiger partial charge in [-0.2, -0.15) is 13.2 Å². The third-order valence-electron chi connectivity index (χ3n) is 3.06. The molecule has 0 bridgehead atoms. The average molecular weight is 463 g/mol. The number of rotatable bonds is 4. The highest BCUT2D eigenvalue weighted by Gasteiger charge is 2.32. The van der Waals surface area contributed by atoms with Crippen molar-refractivity contribution < 1.29 is 17.9 Å². The fourth-order valence-corrected chi connectivity index (χ4v) is 3.12. The Morgan fingerprint density at radius 2 is 1.62 bits per heavy atom. The van der Waals surface area contributed by atoms with Crippen molar-refractivity contribution in [3.05, 3.63) is 56.5 Å². The van der Waals surface area contributed by atoms with Crippen LogP contribution in [0.3, 0.4) is 0 Å². The van der Waals surface area contributed by atoms with Gasteiger partial charge in [0.15, 0.2) is 5.75 Å². The zero-order valence-corrected chi connectivity index (χ0v) is 16.1. The highest BCUT2D eigenvalue weighted by atomic mass is 79.9. The average Bonchev–Trinajstić information content (AvgIpc) is 2.44. The van der Waals surface area contributed by atoms with Gasteiger partial charge in [-0.3, -0.25) is 0 Å². The number of alkyl halides is 4. The van der Waals surface area contributed by atoms with Crippen molar-refractivity contribution in [1.29, 1.82) is 0 Å². The molecule has 130 valence electrons. The summed E-state index contributed by atoms with van der Waals surface area (Å²) in [5, 5.41) is 0.124. The fraction of sp³-hybridized carbons (Fsp3) is 0.250. The maximum Gasteiger partial charge on any atom is 0.416 e. The van der Waals surface area contributed by atoms with Crippen LogP contribution in [0.15, 0.2) is 30.3 Å². The SMILES string of the molecule is CC(Br)Cc1cc(Oc2c(Cl)cc(C(F)(F)F)cc2Cl)ccc1Cl. The summed E-state index contributed by atoms with van der Waals surface area (Å²) in [5.41, 5.74) is -0.104. The molecule has 0 aliphatic heterocycles. The van der Waals surface area contributed by atoms with Crippen LogP contribution in [0.4, 0.5) is 13.2 Å². The molecule has 24 heavy (non-hydrogen) atoms. The van der Waals surface area contributed by atoms with Gasteiger partial charge in [-0.1, -0.05) is 57.7 Å². The summed E-state index contributed by atoms with van der Waals surface area (Å²) < 4.78 is 43.8. The number of benzene rings is 2. The van der Waals surface area contributed by atoms with Gasteiger partial charge in [0.1, 0.15) is 5.75 Å². The number of ether oxygens (including phenoxy) is 1. The molecule has 2 aromatic carbocycles. The Balaban J connectivity index is 2.35. The zero-order valence-electron chi connectivity index (χ0n) is 12.2. The molecule has 0 amide bonds. The first-order valence-electron chi connectivity index (χ1n) is 6.74. The molecule has 1 atom stereocenters. The molecule has 0 heterocycles. The first kappa shape index (κ1) is 19.7. The lowest BCUT2D eigenvalue weighted by molar-refractivity contribution is -0.137. The van der Waals surface area contributed by atoms with Crippen molar-refractivity contribution >= 4 is 50.7 Å². The third-order valence-corrected chi connectivity index (χ3v) is 4.32. The van der Waals surface area contributed by atoms with Crippen molar-refractivity contribution in [3.63, 3.8) is 0 Å². The fourth-order valence-electron chi connectivity index (χ4n) is 2.01. The van der Waals surface area contributed by atoms with E-state index in [9.17, 15) is 13.2 Å². The largest absolute Gasteiger partial charge is 0.454 e. The second-order valence-electron chi connectivity index (χ2n) is 5.11. The van der Waals surface area contributed by atoms with Crippen LogP contribution in [0.2, 0.25) is 15.1 Å². The van der Waals surface area contributed by atoms with Crippen LogP contribution in [-0.2, 0) is 12.6 Å². The zero-order chi connectivity index (χ0) is 18.1. The summed E-state index contributed by atoms with van der Waals surface area (Å²) in [5.74, 6) is 0.345. The predicted octanol–water partition coefficient (Wildman–Crippen LogP) is 7.78. The van der Waals surface area contributed by atoms with Crippen LogP contribution in [-0.4, -0.2) is 4.83 Å². The quantitative estimate of drug-likeness (QED) is 0.422. The van der Waals surface area contributed by atoms with Crippen molar-refractivity contribution in [3.8, 4) is 11.5 Å². The molecule has 0 aliphatic rings. The molecule has 0 saturated heterocycles. The van der Waals surface area contributed by atoms with E-state index < -0.39 is 11.7 Å². The maximum atomic E-state index is 12.7. The molecule has 2 rings (SSSR count). The lowest BCUT2D eigenvalue weighted by Crippen LogP contribution is -2.05. The van der Waals surface area contributed by atoms with Gasteiger partial charge in [0, 0.05) is 9.85 Å². The number of hydrogen-bond donors (Lipinski definition) is 0. The van der Waals surface area contributed by atoms with E-state index >= 15 is 0 Å². The van der Waals surface area contributed by atoms with Gasteiger partial charge in [-0.05, 0) is 42.3 Å². The minimum absolute atomic E-state index is 0.0357. The smallest absolute Gasteiger partial charge is 0.416 e. The Kier molecular flexibility index (Phi) is 6.35. The van der Waals surface area contributed by atoms with Crippen molar-refractivity contribution in [2.45, 2.75) is 24.3 Å². The Morgan fingerprint density at radius 3 is 2.12 bits per heavy atom. The maximum absolute atomic E-state index is 12.7. The van der Waals surface area contributed by atoms with E-state index in [0.29, 0.717) is 17.2 Å². The summed E-state index contributed by atoms with van der Waals surface area (Å²) in [6.45, 7) is 1.97. The molecule has 8 heteroatoms. The van der Waals surface area contributed by atoms with Gasteiger partial charge in [0.05, 0.1) is 15.6 Å². The van der Waals surface area contributed by atoms with Gasteiger partial charge < -0.3 is 4.74 Å². The van der Waals surface area contributed by atoms with Crippen molar-refractivity contribution in [1.82, 2.24) is 0 Å². The van der Waals surface area contributed by atoms with Crippen LogP contribution < -0.4 is 4.74 Å². The van der Waals surface area contributed by atoms with Crippen molar-refractivity contribution in [2.75, 3.05) is 0 Å². The molecule has 0 saturated carbocycles. The van der Waals surface area contributed by atoms with E-state index in [2.05, 4.69) is 15.9 Å². The van der Waals surface area contributed by atoms with E-state index in [4.69, 9.17) is 39.5 Å². The van der Waals surface area contributed by atoms with Crippen LogP contribution in [0, 0.1) is 0 Å². The Labute approximate surface area is 160 Å². The summed E-state index contributed by atoms with van der Waals surface area (Å²) in [4.78, 5) is 0.198. The molecular weight excluding hydrogens is 451 g/mol. The molecular formula is C16H11BrCl3F3O. The second-order valence-corrected chi connectivity index (χ2v) is 7.89. The first-order chi connectivity index (χ1) is 11.1. The molecule has 2 aromatic rings. The standard InChI is InChI=1S/C16H11BrCl3F3O/c1-8(17)4-9-5-11(2-3-12(9)18)24-15-13(19)6-10(7-14(15)20)16(21,22)23/h2-3,5-8H,4H2,1H3.